The van der Waals surface area contributed by atoms with Crippen molar-refractivity contribution in [2.45, 2.75) is 19.8 Å². The summed E-state index contributed by atoms with van der Waals surface area (Å²) in [6.07, 6.45) is 3.15. The van der Waals surface area contributed by atoms with Crippen LogP contribution < -0.4 is 13.8 Å². The number of hydrogen-bond donors (Lipinski definition) is 0. The van der Waals surface area contributed by atoms with Crippen molar-refractivity contribution in [3.8, 4) is 11.5 Å². The van der Waals surface area contributed by atoms with E-state index in [2.05, 4.69) is 6.92 Å². The lowest BCUT2D eigenvalue weighted by Crippen LogP contribution is -2.46. The predicted octanol–water partition coefficient (Wildman–Crippen LogP) is 1.44. The number of ether oxygens (including phenoxy) is 2. The Kier molecular flexibility index (Phi) is 4.58. The molecule has 0 saturated carbocycles. The van der Waals surface area contributed by atoms with E-state index in [4.69, 9.17) is 9.47 Å². The number of fused-ring (bicyclic) bond motifs is 1. The molecule has 1 saturated heterocycles. The summed E-state index contributed by atoms with van der Waals surface area (Å²) in [5.41, 5.74) is 0.403. The van der Waals surface area contributed by atoms with Gasteiger partial charge in [0.1, 0.15) is 6.54 Å². The minimum absolute atomic E-state index is 0.113. The van der Waals surface area contributed by atoms with Crippen LogP contribution in [-0.2, 0) is 14.8 Å². The van der Waals surface area contributed by atoms with E-state index < -0.39 is 10.0 Å². The van der Waals surface area contributed by atoms with Gasteiger partial charge in [0.15, 0.2) is 11.5 Å². The van der Waals surface area contributed by atoms with Crippen LogP contribution in [0.15, 0.2) is 18.2 Å². The largest absolute Gasteiger partial charge is 0.454 e. The maximum absolute atomic E-state index is 12.6. The van der Waals surface area contributed by atoms with Gasteiger partial charge in [-0.05, 0) is 30.9 Å². The van der Waals surface area contributed by atoms with E-state index in [-0.39, 0.29) is 19.2 Å². The van der Waals surface area contributed by atoms with E-state index in [9.17, 15) is 13.2 Å². The van der Waals surface area contributed by atoms with Crippen molar-refractivity contribution in [2.75, 3.05) is 37.0 Å². The van der Waals surface area contributed by atoms with Gasteiger partial charge in [-0.25, -0.2) is 8.42 Å². The van der Waals surface area contributed by atoms with Crippen LogP contribution in [-0.4, -0.2) is 51.9 Å². The summed E-state index contributed by atoms with van der Waals surface area (Å²) in [6.45, 7) is 3.37. The first-order valence-electron chi connectivity index (χ1n) is 8.00. The molecule has 0 N–H and O–H groups in total. The molecule has 0 radical (unpaired) electrons. The van der Waals surface area contributed by atoms with E-state index in [1.54, 1.807) is 23.1 Å². The molecule has 1 atom stereocenters. The summed E-state index contributed by atoms with van der Waals surface area (Å²) >= 11 is 0. The standard InChI is InChI=1S/C16H22N2O5S/c1-12-4-3-7-17(9-12)16(19)10-18(24(2,20)21)13-5-6-14-15(8-13)23-11-22-14/h5-6,8,12H,3-4,7,9-11H2,1-2H3. The van der Waals surface area contributed by atoms with E-state index >= 15 is 0 Å². The van der Waals surface area contributed by atoms with Crippen molar-refractivity contribution in [2.24, 2.45) is 5.92 Å². The molecule has 1 aromatic rings. The van der Waals surface area contributed by atoms with Crippen molar-refractivity contribution < 1.29 is 22.7 Å². The molecule has 2 aliphatic rings. The number of anilines is 1. The maximum Gasteiger partial charge on any atom is 0.243 e. The van der Waals surface area contributed by atoms with Gasteiger partial charge in [0, 0.05) is 19.2 Å². The highest BCUT2D eigenvalue weighted by Gasteiger charge is 2.27. The molecule has 2 heterocycles. The zero-order valence-electron chi connectivity index (χ0n) is 13.9. The maximum atomic E-state index is 12.6. The van der Waals surface area contributed by atoms with Gasteiger partial charge in [-0.2, -0.15) is 0 Å². The van der Waals surface area contributed by atoms with Crippen LogP contribution in [0, 0.1) is 5.92 Å². The summed E-state index contributed by atoms with van der Waals surface area (Å²) in [7, 11) is -3.59. The minimum atomic E-state index is -3.59. The van der Waals surface area contributed by atoms with Crippen LogP contribution >= 0.6 is 0 Å². The monoisotopic (exact) mass is 354 g/mol. The normalized spacial score (nSPS) is 20.1. The molecule has 0 aromatic heterocycles. The number of sulfonamides is 1. The van der Waals surface area contributed by atoms with E-state index in [0.717, 1.165) is 23.4 Å². The second-order valence-corrected chi connectivity index (χ2v) is 8.30. The molecule has 1 aromatic carbocycles. The van der Waals surface area contributed by atoms with Crippen molar-refractivity contribution in [1.82, 2.24) is 4.90 Å². The topological polar surface area (TPSA) is 76.2 Å². The second kappa shape index (κ2) is 6.51. The molecule has 0 spiro atoms. The Morgan fingerprint density at radius 2 is 2.08 bits per heavy atom. The second-order valence-electron chi connectivity index (χ2n) is 6.39. The molecule has 7 nitrogen and oxygen atoms in total. The third-order valence-corrected chi connectivity index (χ3v) is 5.47. The fourth-order valence-electron chi connectivity index (χ4n) is 3.08. The van der Waals surface area contributed by atoms with Gasteiger partial charge in [-0.1, -0.05) is 6.92 Å². The molecular weight excluding hydrogens is 332 g/mol. The van der Waals surface area contributed by atoms with Gasteiger partial charge in [0.25, 0.3) is 0 Å². The summed E-state index contributed by atoms with van der Waals surface area (Å²) in [6, 6.07) is 4.87. The zero-order valence-corrected chi connectivity index (χ0v) is 14.7. The molecule has 3 rings (SSSR count). The first-order chi connectivity index (χ1) is 11.3. The number of likely N-dealkylation sites (tertiary alicyclic amines) is 1. The average molecular weight is 354 g/mol. The number of piperidine rings is 1. The molecule has 24 heavy (non-hydrogen) atoms. The Labute approximate surface area is 142 Å². The van der Waals surface area contributed by atoms with Crippen molar-refractivity contribution >= 4 is 21.6 Å². The molecule has 1 amide bonds. The molecule has 2 aliphatic heterocycles. The smallest absolute Gasteiger partial charge is 0.243 e. The summed E-state index contributed by atoms with van der Waals surface area (Å²) < 4.78 is 36.1. The number of carbonyl (C=O) groups excluding carboxylic acids is 1. The number of rotatable bonds is 4. The number of benzene rings is 1. The van der Waals surface area contributed by atoms with Crippen molar-refractivity contribution in [1.29, 1.82) is 0 Å². The highest BCUT2D eigenvalue weighted by atomic mass is 32.2. The lowest BCUT2D eigenvalue weighted by molar-refractivity contribution is -0.131. The van der Waals surface area contributed by atoms with Crippen LogP contribution in [0.25, 0.3) is 0 Å². The fraction of sp³-hybridized carbons (Fsp3) is 0.562. The van der Waals surface area contributed by atoms with Crippen molar-refractivity contribution in [3.63, 3.8) is 0 Å². The third kappa shape index (κ3) is 3.58. The number of nitrogens with zero attached hydrogens (tertiary/aromatic N) is 2. The molecule has 1 fully saturated rings. The highest BCUT2D eigenvalue weighted by molar-refractivity contribution is 7.92. The van der Waals surface area contributed by atoms with Gasteiger partial charge in [-0.3, -0.25) is 9.10 Å². The summed E-state index contributed by atoms with van der Waals surface area (Å²) in [5.74, 6) is 1.33. The van der Waals surface area contributed by atoms with Gasteiger partial charge in [0.05, 0.1) is 11.9 Å². The number of amides is 1. The quantitative estimate of drug-likeness (QED) is 0.818. The van der Waals surface area contributed by atoms with Crippen LogP contribution in [0.5, 0.6) is 11.5 Å². The Morgan fingerprint density at radius 1 is 1.33 bits per heavy atom. The Balaban J connectivity index is 1.81. The Bertz CT molecular complexity index is 734. The fourth-order valence-corrected chi connectivity index (χ4v) is 3.92. The van der Waals surface area contributed by atoms with Crippen LogP contribution in [0.4, 0.5) is 5.69 Å². The number of hydrogen-bond acceptors (Lipinski definition) is 5. The summed E-state index contributed by atoms with van der Waals surface area (Å²) in [4.78, 5) is 14.3. The first kappa shape index (κ1) is 16.9. The Hall–Kier alpha value is -1.96. The molecular formula is C16H22N2O5S. The van der Waals surface area contributed by atoms with Gasteiger partial charge >= 0.3 is 0 Å². The van der Waals surface area contributed by atoms with Crippen molar-refractivity contribution in [3.05, 3.63) is 18.2 Å². The third-order valence-electron chi connectivity index (χ3n) is 4.33. The molecule has 132 valence electrons. The van der Waals surface area contributed by atoms with Gasteiger partial charge in [0.2, 0.25) is 22.7 Å². The first-order valence-corrected chi connectivity index (χ1v) is 9.84. The van der Waals surface area contributed by atoms with E-state index in [1.165, 1.54) is 0 Å². The van der Waals surface area contributed by atoms with E-state index in [0.29, 0.717) is 36.2 Å². The number of carbonyl (C=O) groups is 1. The van der Waals surface area contributed by atoms with Gasteiger partial charge < -0.3 is 14.4 Å². The van der Waals surface area contributed by atoms with Crippen LogP contribution in [0.2, 0.25) is 0 Å². The molecule has 0 bridgehead atoms. The predicted molar refractivity (Wildman–Crippen MR) is 89.7 cm³/mol. The van der Waals surface area contributed by atoms with Crippen LogP contribution in [0.3, 0.4) is 0 Å². The molecule has 0 aliphatic carbocycles. The average Bonchev–Trinajstić information content (AvgIpc) is 2.98. The van der Waals surface area contributed by atoms with Crippen LogP contribution in [0.1, 0.15) is 19.8 Å². The molecule has 8 heteroatoms. The molecule has 1 unspecified atom stereocenters. The summed E-state index contributed by atoms with van der Waals surface area (Å²) in [5, 5.41) is 0. The SMILES string of the molecule is CC1CCCN(C(=O)CN(c2ccc3c(c2)OCO3)S(C)(=O)=O)C1. The Morgan fingerprint density at radius 3 is 2.79 bits per heavy atom. The van der Waals surface area contributed by atoms with Gasteiger partial charge in [-0.15, -0.1) is 0 Å². The van der Waals surface area contributed by atoms with E-state index in [1.807, 2.05) is 0 Å². The lowest BCUT2D eigenvalue weighted by Gasteiger charge is -2.33. The lowest BCUT2D eigenvalue weighted by atomic mass is 10.0. The highest BCUT2D eigenvalue weighted by Crippen LogP contribution is 2.36. The zero-order chi connectivity index (χ0) is 17.3. The minimum Gasteiger partial charge on any atom is -0.454 e.